The minimum absolute atomic E-state index is 0.230. The Morgan fingerprint density at radius 3 is 2.77 bits per heavy atom. The van der Waals surface area contributed by atoms with Crippen LogP contribution in [-0.2, 0) is 0 Å². The van der Waals surface area contributed by atoms with Crippen LogP contribution in [0, 0.1) is 6.92 Å². The fourth-order valence-electron chi connectivity index (χ4n) is 1.01. The second-order valence-corrected chi connectivity index (χ2v) is 4.20. The van der Waals surface area contributed by atoms with Gasteiger partial charge >= 0.3 is 0 Å². The Hall–Kier alpha value is -0.450. The van der Waals surface area contributed by atoms with Gasteiger partial charge in [0, 0.05) is 17.6 Å². The average Bonchev–Trinajstić information content (AvgIpc) is 2.47. The van der Waals surface area contributed by atoms with Crippen molar-refractivity contribution in [1.82, 2.24) is 10.3 Å². The van der Waals surface area contributed by atoms with E-state index >= 15 is 0 Å². The fourth-order valence-corrected chi connectivity index (χ4v) is 1.83. The van der Waals surface area contributed by atoms with E-state index in [0.717, 1.165) is 10.7 Å². The van der Waals surface area contributed by atoms with Crippen LogP contribution in [0.25, 0.3) is 0 Å². The lowest BCUT2D eigenvalue weighted by Gasteiger charge is -2.12. The molecule has 0 bridgehead atoms. The molecule has 0 spiro atoms. The van der Waals surface area contributed by atoms with Gasteiger partial charge in [0.2, 0.25) is 0 Å². The smallest absolute Gasteiger partial charge is 0.110 e. The lowest BCUT2D eigenvalue weighted by molar-refractivity contribution is 0.187. The molecule has 0 fully saturated rings. The van der Waals surface area contributed by atoms with Crippen molar-refractivity contribution in [3.8, 4) is 0 Å². The van der Waals surface area contributed by atoms with Crippen LogP contribution in [0.3, 0.4) is 0 Å². The number of rotatable bonds is 4. The zero-order valence-electron chi connectivity index (χ0n) is 8.24. The molecule has 0 aliphatic carbocycles. The van der Waals surface area contributed by atoms with Gasteiger partial charge in [-0.1, -0.05) is 0 Å². The first kappa shape index (κ1) is 10.6. The second kappa shape index (κ2) is 4.69. The van der Waals surface area contributed by atoms with Gasteiger partial charge in [0.25, 0.3) is 0 Å². The van der Waals surface area contributed by atoms with Crippen molar-refractivity contribution in [2.45, 2.75) is 32.9 Å². The molecule has 0 aliphatic heterocycles. The Balaban J connectivity index is 2.44. The van der Waals surface area contributed by atoms with Crippen LogP contribution in [0.4, 0.5) is 0 Å². The van der Waals surface area contributed by atoms with Gasteiger partial charge in [-0.2, -0.15) is 0 Å². The van der Waals surface area contributed by atoms with Crippen LogP contribution < -0.4 is 5.32 Å². The summed E-state index contributed by atoms with van der Waals surface area (Å²) in [4.78, 5) is 4.36. The largest absolute Gasteiger partial charge is 0.392 e. The third-order valence-corrected chi connectivity index (χ3v) is 2.87. The number of hydrogen-bond donors (Lipinski definition) is 2. The quantitative estimate of drug-likeness (QED) is 0.774. The van der Waals surface area contributed by atoms with Crippen molar-refractivity contribution in [3.05, 3.63) is 16.1 Å². The molecule has 2 unspecified atom stereocenters. The summed E-state index contributed by atoms with van der Waals surface area (Å²) >= 11 is 1.65. The molecule has 0 saturated carbocycles. The van der Waals surface area contributed by atoms with E-state index in [-0.39, 0.29) is 12.1 Å². The van der Waals surface area contributed by atoms with E-state index in [4.69, 9.17) is 5.11 Å². The van der Waals surface area contributed by atoms with Gasteiger partial charge < -0.3 is 10.4 Å². The van der Waals surface area contributed by atoms with Crippen molar-refractivity contribution in [1.29, 1.82) is 0 Å². The normalized spacial score (nSPS) is 15.7. The number of aliphatic hydroxyl groups excluding tert-OH is 1. The van der Waals surface area contributed by atoms with Crippen molar-refractivity contribution < 1.29 is 5.11 Å². The lowest BCUT2D eigenvalue weighted by Crippen LogP contribution is -2.27. The van der Waals surface area contributed by atoms with E-state index in [2.05, 4.69) is 17.2 Å². The first-order valence-corrected chi connectivity index (χ1v) is 5.31. The highest BCUT2D eigenvalue weighted by Crippen LogP contribution is 2.16. The fraction of sp³-hybridized carbons (Fsp3) is 0.667. The number of thiazole rings is 1. The van der Waals surface area contributed by atoms with Crippen LogP contribution in [-0.4, -0.2) is 22.7 Å². The number of aliphatic hydroxyl groups is 1. The predicted molar refractivity (Wildman–Crippen MR) is 54.9 cm³/mol. The molecule has 1 aromatic heterocycles. The van der Waals surface area contributed by atoms with Gasteiger partial charge in [0.15, 0.2) is 0 Å². The number of nitrogens with one attached hydrogen (secondary N) is 1. The van der Waals surface area contributed by atoms with E-state index < -0.39 is 0 Å². The average molecular weight is 200 g/mol. The molecule has 0 saturated heterocycles. The van der Waals surface area contributed by atoms with Gasteiger partial charge in [-0.05, 0) is 20.8 Å². The van der Waals surface area contributed by atoms with E-state index in [0.29, 0.717) is 6.54 Å². The second-order valence-electron chi connectivity index (χ2n) is 3.31. The Morgan fingerprint density at radius 2 is 2.31 bits per heavy atom. The Labute approximate surface area is 82.8 Å². The highest BCUT2D eigenvalue weighted by Gasteiger charge is 2.08. The number of hydrogen-bond acceptors (Lipinski definition) is 4. The zero-order chi connectivity index (χ0) is 9.84. The summed E-state index contributed by atoms with van der Waals surface area (Å²) in [6, 6.07) is 0.230. The van der Waals surface area contributed by atoms with Crippen LogP contribution >= 0.6 is 11.3 Å². The lowest BCUT2D eigenvalue weighted by atomic mass is 10.3. The van der Waals surface area contributed by atoms with Crippen LogP contribution in [0.2, 0.25) is 0 Å². The summed E-state index contributed by atoms with van der Waals surface area (Å²) in [7, 11) is 0. The first-order valence-electron chi connectivity index (χ1n) is 4.43. The van der Waals surface area contributed by atoms with Gasteiger partial charge in [-0.25, -0.2) is 4.98 Å². The standard InChI is InChI=1S/C9H16N2OS/c1-6-5-13-9(11-6)8(3)10-4-7(2)12/h5,7-8,10,12H,4H2,1-3H3. The number of aromatic nitrogens is 1. The van der Waals surface area contributed by atoms with Gasteiger partial charge in [-0.15, -0.1) is 11.3 Å². The van der Waals surface area contributed by atoms with Crippen molar-refractivity contribution >= 4 is 11.3 Å². The Morgan fingerprint density at radius 1 is 1.62 bits per heavy atom. The molecule has 0 radical (unpaired) electrons. The van der Waals surface area contributed by atoms with E-state index in [9.17, 15) is 0 Å². The van der Waals surface area contributed by atoms with Crippen molar-refractivity contribution in [2.24, 2.45) is 0 Å². The van der Waals surface area contributed by atoms with E-state index in [1.807, 2.05) is 12.3 Å². The summed E-state index contributed by atoms with van der Waals surface area (Å²) in [5.74, 6) is 0. The summed E-state index contributed by atoms with van der Waals surface area (Å²) in [5.41, 5.74) is 1.06. The third-order valence-electron chi connectivity index (χ3n) is 1.73. The molecule has 2 N–H and O–H groups in total. The van der Waals surface area contributed by atoms with Crippen LogP contribution in [0.1, 0.15) is 30.6 Å². The van der Waals surface area contributed by atoms with Gasteiger partial charge in [0.1, 0.15) is 5.01 Å². The summed E-state index contributed by atoms with van der Waals surface area (Å²) < 4.78 is 0. The maximum absolute atomic E-state index is 9.07. The maximum atomic E-state index is 9.07. The molecule has 0 aliphatic rings. The highest BCUT2D eigenvalue weighted by molar-refractivity contribution is 7.09. The topological polar surface area (TPSA) is 45.1 Å². The van der Waals surface area contributed by atoms with Gasteiger partial charge in [-0.3, -0.25) is 0 Å². The maximum Gasteiger partial charge on any atom is 0.110 e. The van der Waals surface area contributed by atoms with Crippen molar-refractivity contribution in [2.75, 3.05) is 6.54 Å². The molecule has 0 aromatic carbocycles. The number of aryl methyl sites for hydroxylation is 1. The predicted octanol–water partition coefficient (Wildman–Crippen LogP) is 1.48. The molecule has 1 rings (SSSR count). The zero-order valence-corrected chi connectivity index (χ0v) is 9.06. The molecule has 74 valence electrons. The van der Waals surface area contributed by atoms with Gasteiger partial charge in [0.05, 0.1) is 12.1 Å². The first-order chi connectivity index (χ1) is 6.09. The molecular formula is C9H16N2OS. The minimum Gasteiger partial charge on any atom is -0.392 e. The molecule has 0 amide bonds. The monoisotopic (exact) mass is 200 g/mol. The molecule has 13 heavy (non-hydrogen) atoms. The van der Waals surface area contributed by atoms with E-state index in [1.165, 1.54) is 0 Å². The Bertz CT molecular complexity index is 260. The highest BCUT2D eigenvalue weighted by atomic mass is 32.1. The van der Waals surface area contributed by atoms with E-state index in [1.54, 1.807) is 18.3 Å². The molecule has 3 nitrogen and oxygen atoms in total. The minimum atomic E-state index is -0.302. The molecule has 1 aromatic rings. The van der Waals surface area contributed by atoms with Crippen molar-refractivity contribution in [3.63, 3.8) is 0 Å². The summed E-state index contributed by atoms with van der Waals surface area (Å²) in [5, 5.41) is 15.4. The molecular weight excluding hydrogens is 184 g/mol. The molecule has 4 heteroatoms. The SMILES string of the molecule is Cc1csc(C(C)NCC(C)O)n1. The van der Waals surface area contributed by atoms with Crippen LogP contribution in [0.5, 0.6) is 0 Å². The molecule has 1 heterocycles. The molecule has 2 atom stereocenters. The number of nitrogens with zero attached hydrogens (tertiary/aromatic N) is 1. The third kappa shape index (κ3) is 3.42. The summed E-state index contributed by atoms with van der Waals surface area (Å²) in [6.07, 6.45) is -0.302. The summed E-state index contributed by atoms with van der Waals surface area (Å²) in [6.45, 7) is 6.43. The van der Waals surface area contributed by atoms with Crippen LogP contribution in [0.15, 0.2) is 5.38 Å². The Kier molecular flexibility index (Phi) is 3.84.